The van der Waals surface area contributed by atoms with Crippen molar-refractivity contribution in [3.63, 3.8) is 0 Å². The van der Waals surface area contributed by atoms with Crippen LogP contribution < -0.4 is 4.90 Å². The summed E-state index contributed by atoms with van der Waals surface area (Å²) in [4.78, 5) is 12.1. The van der Waals surface area contributed by atoms with Crippen molar-refractivity contribution >= 4 is 51.5 Å². The van der Waals surface area contributed by atoms with Crippen molar-refractivity contribution in [2.24, 2.45) is 0 Å². The number of nitrogens with zero attached hydrogens (tertiary/aromatic N) is 3. The number of anilines is 1. The molecular weight excluding hydrogens is 421 g/mol. The van der Waals surface area contributed by atoms with Crippen molar-refractivity contribution in [1.82, 2.24) is 9.97 Å². The summed E-state index contributed by atoms with van der Waals surface area (Å²) < 4.78 is 1.22. The van der Waals surface area contributed by atoms with Gasteiger partial charge in [0.2, 0.25) is 0 Å². The van der Waals surface area contributed by atoms with Crippen molar-refractivity contribution < 1.29 is 0 Å². The largest absolute Gasteiger partial charge is 0.356 e. The molecular formula is C21H20IN3. The van der Waals surface area contributed by atoms with Crippen LogP contribution in [0.4, 0.5) is 5.82 Å². The summed E-state index contributed by atoms with van der Waals surface area (Å²) in [6.45, 7) is 2.17. The van der Waals surface area contributed by atoms with Gasteiger partial charge in [-0.25, -0.2) is 9.97 Å². The third-order valence-corrected chi connectivity index (χ3v) is 5.21. The van der Waals surface area contributed by atoms with Crippen LogP contribution in [0, 0.1) is 3.57 Å². The summed E-state index contributed by atoms with van der Waals surface area (Å²) in [6.07, 6.45) is 7.89. The number of halogens is 1. The number of hydrogen-bond acceptors (Lipinski definition) is 3. The second-order valence-electron chi connectivity index (χ2n) is 6.36. The second-order valence-corrected chi connectivity index (χ2v) is 7.60. The minimum Gasteiger partial charge on any atom is -0.356 e. The Morgan fingerprint density at radius 1 is 0.880 bits per heavy atom. The fraction of sp³-hybridized carbons (Fsp3) is 0.238. The average molecular weight is 441 g/mol. The van der Waals surface area contributed by atoms with Gasteiger partial charge in [0.25, 0.3) is 0 Å². The van der Waals surface area contributed by atoms with Gasteiger partial charge in [0.1, 0.15) is 5.82 Å². The second kappa shape index (κ2) is 7.52. The van der Waals surface area contributed by atoms with Gasteiger partial charge >= 0.3 is 0 Å². The topological polar surface area (TPSA) is 29.0 Å². The molecule has 0 atom stereocenters. The molecule has 0 N–H and O–H groups in total. The molecule has 1 aromatic heterocycles. The van der Waals surface area contributed by atoms with Gasteiger partial charge in [-0.1, -0.05) is 36.4 Å². The third-order valence-electron chi connectivity index (χ3n) is 4.53. The Morgan fingerprint density at radius 2 is 1.68 bits per heavy atom. The van der Waals surface area contributed by atoms with Crippen LogP contribution in [-0.4, -0.2) is 23.1 Å². The maximum atomic E-state index is 4.91. The SMILES string of the molecule is Ic1ccc2nc(/C=C/c3ccccc3)nc(N3CCCCC3)c2c1. The van der Waals surface area contributed by atoms with E-state index in [1.54, 1.807) is 0 Å². The van der Waals surface area contributed by atoms with Gasteiger partial charge < -0.3 is 4.90 Å². The fourth-order valence-electron chi connectivity index (χ4n) is 3.26. The molecule has 1 aliphatic rings. The first-order valence-electron chi connectivity index (χ1n) is 8.75. The lowest BCUT2D eigenvalue weighted by atomic mass is 10.1. The van der Waals surface area contributed by atoms with E-state index in [0.717, 1.165) is 41.2 Å². The Labute approximate surface area is 161 Å². The van der Waals surface area contributed by atoms with Crippen LogP contribution in [0.25, 0.3) is 23.1 Å². The van der Waals surface area contributed by atoms with Crippen molar-refractivity contribution in [3.05, 3.63) is 63.5 Å². The Bertz CT molecular complexity index is 900. The van der Waals surface area contributed by atoms with Crippen molar-refractivity contribution in [1.29, 1.82) is 0 Å². The zero-order chi connectivity index (χ0) is 17.1. The summed E-state index contributed by atoms with van der Waals surface area (Å²) in [5, 5.41) is 1.16. The van der Waals surface area contributed by atoms with Crippen LogP contribution in [0.3, 0.4) is 0 Å². The highest BCUT2D eigenvalue weighted by atomic mass is 127. The predicted octanol–water partition coefficient (Wildman–Crippen LogP) is 5.40. The van der Waals surface area contributed by atoms with Gasteiger partial charge in [-0.05, 0) is 71.7 Å². The monoisotopic (exact) mass is 441 g/mol. The minimum absolute atomic E-state index is 0.776. The normalized spacial score (nSPS) is 15.2. The van der Waals surface area contributed by atoms with E-state index in [2.05, 4.69) is 63.9 Å². The van der Waals surface area contributed by atoms with E-state index in [9.17, 15) is 0 Å². The van der Waals surface area contributed by atoms with E-state index in [-0.39, 0.29) is 0 Å². The van der Waals surface area contributed by atoms with E-state index < -0.39 is 0 Å². The van der Waals surface area contributed by atoms with Gasteiger partial charge in [0, 0.05) is 22.0 Å². The first kappa shape index (κ1) is 16.5. The van der Waals surface area contributed by atoms with Gasteiger partial charge in [0.05, 0.1) is 5.52 Å². The molecule has 4 rings (SSSR count). The van der Waals surface area contributed by atoms with Crippen molar-refractivity contribution in [2.45, 2.75) is 19.3 Å². The lowest BCUT2D eigenvalue weighted by molar-refractivity contribution is 0.574. The van der Waals surface area contributed by atoms with Gasteiger partial charge in [0.15, 0.2) is 5.82 Å². The summed E-state index contributed by atoms with van der Waals surface area (Å²) in [7, 11) is 0. The molecule has 1 aliphatic heterocycles. The molecule has 3 aromatic rings. The molecule has 1 saturated heterocycles. The highest BCUT2D eigenvalue weighted by Gasteiger charge is 2.16. The number of rotatable bonds is 3. The quantitative estimate of drug-likeness (QED) is 0.510. The molecule has 0 amide bonds. The van der Waals surface area contributed by atoms with E-state index in [1.807, 2.05) is 24.3 Å². The number of piperidine rings is 1. The summed E-state index contributed by atoms with van der Waals surface area (Å²) in [5.74, 6) is 1.86. The molecule has 0 aliphatic carbocycles. The molecule has 4 heteroatoms. The average Bonchev–Trinajstić information content (AvgIpc) is 2.67. The smallest absolute Gasteiger partial charge is 0.154 e. The zero-order valence-corrected chi connectivity index (χ0v) is 16.2. The van der Waals surface area contributed by atoms with Gasteiger partial charge in [-0.2, -0.15) is 0 Å². The number of hydrogen-bond donors (Lipinski definition) is 0. The molecule has 126 valence electrons. The van der Waals surface area contributed by atoms with E-state index >= 15 is 0 Å². The highest BCUT2D eigenvalue weighted by molar-refractivity contribution is 14.1. The molecule has 0 spiro atoms. The summed E-state index contributed by atoms with van der Waals surface area (Å²) in [6, 6.07) is 16.7. The predicted molar refractivity (Wildman–Crippen MR) is 114 cm³/mol. The number of fused-ring (bicyclic) bond motifs is 1. The van der Waals surface area contributed by atoms with Crippen LogP contribution in [0.15, 0.2) is 48.5 Å². The lowest BCUT2D eigenvalue weighted by Crippen LogP contribution is -2.30. The Balaban J connectivity index is 1.77. The van der Waals surface area contributed by atoms with E-state index in [0.29, 0.717) is 0 Å². The van der Waals surface area contributed by atoms with Gasteiger partial charge in [-0.3, -0.25) is 0 Å². The van der Waals surface area contributed by atoms with Crippen LogP contribution in [-0.2, 0) is 0 Å². The molecule has 2 aromatic carbocycles. The van der Waals surface area contributed by atoms with Crippen LogP contribution in [0.1, 0.15) is 30.7 Å². The highest BCUT2D eigenvalue weighted by Crippen LogP contribution is 2.28. The fourth-order valence-corrected chi connectivity index (χ4v) is 3.75. The first-order valence-corrected chi connectivity index (χ1v) is 9.83. The van der Waals surface area contributed by atoms with Crippen LogP contribution >= 0.6 is 22.6 Å². The maximum Gasteiger partial charge on any atom is 0.154 e. The molecule has 0 radical (unpaired) electrons. The molecule has 0 unspecified atom stereocenters. The Kier molecular flexibility index (Phi) is 4.97. The minimum atomic E-state index is 0.776. The molecule has 1 fully saturated rings. The number of aromatic nitrogens is 2. The molecule has 2 heterocycles. The van der Waals surface area contributed by atoms with E-state index in [4.69, 9.17) is 9.97 Å². The summed E-state index contributed by atoms with van der Waals surface area (Å²) >= 11 is 2.36. The summed E-state index contributed by atoms with van der Waals surface area (Å²) in [5.41, 5.74) is 2.18. The molecule has 3 nitrogen and oxygen atoms in total. The standard InChI is InChI=1S/C21H20IN3/c22-17-10-11-19-18(15-17)21(25-13-5-2-6-14-25)24-20(23-19)12-9-16-7-3-1-4-8-16/h1,3-4,7-12,15H,2,5-6,13-14H2/b12-9+. The molecule has 0 bridgehead atoms. The van der Waals surface area contributed by atoms with Crippen LogP contribution in [0.5, 0.6) is 0 Å². The molecule has 25 heavy (non-hydrogen) atoms. The number of benzene rings is 2. The Morgan fingerprint density at radius 3 is 2.48 bits per heavy atom. The zero-order valence-electron chi connectivity index (χ0n) is 14.0. The first-order chi connectivity index (χ1) is 12.3. The van der Waals surface area contributed by atoms with Crippen molar-refractivity contribution in [2.75, 3.05) is 18.0 Å². The molecule has 0 saturated carbocycles. The maximum absolute atomic E-state index is 4.91. The van der Waals surface area contributed by atoms with Crippen LogP contribution in [0.2, 0.25) is 0 Å². The van der Waals surface area contributed by atoms with E-state index in [1.165, 1.54) is 22.8 Å². The Hall–Kier alpha value is -1.95. The van der Waals surface area contributed by atoms with Crippen molar-refractivity contribution in [3.8, 4) is 0 Å². The lowest BCUT2D eigenvalue weighted by Gasteiger charge is -2.28. The third kappa shape index (κ3) is 3.84. The van der Waals surface area contributed by atoms with Gasteiger partial charge in [-0.15, -0.1) is 0 Å².